The predicted molar refractivity (Wildman–Crippen MR) is 210 cm³/mol. The summed E-state index contributed by atoms with van der Waals surface area (Å²) in [7, 11) is 0. The molecule has 0 aromatic carbocycles. The van der Waals surface area contributed by atoms with Gasteiger partial charge in [0.25, 0.3) is 0 Å². The van der Waals surface area contributed by atoms with Gasteiger partial charge in [-0.15, -0.1) is 0 Å². The molecular weight excluding hydrogens is 889 g/mol. The van der Waals surface area contributed by atoms with E-state index in [9.17, 15) is 79.2 Å². The topological polar surface area (TPSA) is 439 Å². The maximum absolute atomic E-state index is 11.2. The van der Waals surface area contributed by atoms with Crippen molar-refractivity contribution in [2.45, 2.75) is 105 Å². The second-order valence-corrected chi connectivity index (χ2v) is 15.8. The standard InChI is InChI=1S/4C9H17NO5.2Ca/c4*1-9(2,5-11)7(14)8(15)10-4-3-6(12)13;;/h4*7,11,14H,3-5H2,1-2H3,(H,10,15)(H,12,13);;/q;;;;2*+2/p-4. The van der Waals surface area contributed by atoms with Gasteiger partial charge in [0.2, 0.25) is 23.6 Å². The summed E-state index contributed by atoms with van der Waals surface area (Å²) in [6, 6.07) is 0. The molecule has 0 heterocycles. The van der Waals surface area contributed by atoms with Crippen LogP contribution in [0.2, 0.25) is 0 Å². The average molecular weight is 953 g/mol. The van der Waals surface area contributed by atoms with E-state index in [2.05, 4.69) is 21.3 Å². The summed E-state index contributed by atoms with van der Waals surface area (Å²) in [5, 5.41) is 123. The molecule has 62 heavy (non-hydrogen) atoms. The van der Waals surface area contributed by atoms with E-state index in [1.807, 2.05) is 0 Å². The van der Waals surface area contributed by atoms with E-state index in [4.69, 9.17) is 20.4 Å². The van der Waals surface area contributed by atoms with Gasteiger partial charge >= 0.3 is 75.5 Å². The van der Waals surface area contributed by atoms with Gasteiger partial charge in [0.1, 0.15) is 24.4 Å². The second kappa shape index (κ2) is 36.2. The molecule has 0 spiro atoms. The Bertz CT molecular complexity index is 1170. The molecule has 0 radical (unpaired) electrons. The van der Waals surface area contributed by atoms with Crippen LogP contribution >= 0.6 is 0 Å². The Kier molecular flexibility index (Phi) is 41.8. The van der Waals surface area contributed by atoms with Gasteiger partial charge in [-0.1, -0.05) is 55.4 Å². The molecule has 12 N–H and O–H groups in total. The number of carboxylic acids is 4. The fourth-order valence-corrected chi connectivity index (χ4v) is 3.30. The van der Waals surface area contributed by atoms with Crippen molar-refractivity contribution in [2.24, 2.45) is 21.7 Å². The van der Waals surface area contributed by atoms with Gasteiger partial charge in [-0.05, 0) is 0 Å². The zero-order chi connectivity index (χ0) is 48.2. The Labute approximate surface area is 420 Å². The third-order valence-electron chi connectivity index (χ3n) is 8.10. The Balaban J connectivity index is -0.000000167. The van der Waals surface area contributed by atoms with Crippen LogP contribution in [-0.2, 0) is 38.4 Å². The first-order chi connectivity index (χ1) is 27.2. The third kappa shape index (κ3) is 34.4. The number of carbonyl (C=O) groups is 8. The fourth-order valence-electron chi connectivity index (χ4n) is 3.30. The minimum absolute atomic E-state index is 0. The van der Waals surface area contributed by atoms with E-state index < -0.39 is 93.6 Å². The van der Waals surface area contributed by atoms with Crippen LogP contribution in [0.15, 0.2) is 0 Å². The predicted octanol–water partition coefficient (Wildman–Crippen LogP) is -10.3. The first kappa shape index (κ1) is 71.6. The zero-order valence-corrected chi connectivity index (χ0v) is 41.1. The number of nitrogens with one attached hydrogen (secondary N) is 4. The van der Waals surface area contributed by atoms with Gasteiger partial charge in [0.05, 0.1) is 26.4 Å². The first-order valence-electron chi connectivity index (χ1n) is 18.3. The van der Waals surface area contributed by atoms with Gasteiger partial charge in [0, 0.05) is 97.4 Å². The van der Waals surface area contributed by atoms with Gasteiger partial charge in [-0.25, -0.2) is 0 Å². The van der Waals surface area contributed by atoms with Crippen molar-refractivity contribution in [3.05, 3.63) is 0 Å². The minimum atomic E-state index is -1.37. The largest absolute Gasteiger partial charge is 2.00 e. The van der Waals surface area contributed by atoms with Crippen molar-refractivity contribution < 1.29 is 99.6 Å². The van der Waals surface area contributed by atoms with Crippen molar-refractivity contribution in [1.29, 1.82) is 0 Å². The average Bonchev–Trinajstić information content (AvgIpc) is 3.16. The fraction of sp³-hybridized carbons (Fsp3) is 0.778. The van der Waals surface area contributed by atoms with E-state index >= 15 is 0 Å². The maximum Gasteiger partial charge on any atom is 2.00 e. The summed E-state index contributed by atoms with van der Waals surface area (Å²) < 4.78 is 0. The van der Waals surface area contributed by atoms with E-state index in [1.54, 1.807) is 0 Å². The molecule has 0 fully saturated rings. The molecular formula is C36H64Ca2N4O20. The minimum Gasteiger partial charge on any atom is -0.550 e. The van der Waals surface area contributed by atoms with Crippen LogP contribution in [0, 0.1) is 21.7 Å². The number of amides is 4. The Morgan fingerprint density at radius 1 is 0.371 bits per heavy atom. The number of aliphatic carboxylic acids is 4. The monoisotopic (exact) mass is 952 g/mol. The van der Waals surface area contributed by atoms with Crippen LogP contribution in [-0.4, -0.2) is 241 Å². The van der Waals surface area contributed by atoms with E-state index in [0.717, 1.165) is 0 Å². The van der Waals surface area contributed by atoms with E-state index in [1.165, 1.54) is 55.4 Å². The molecule has 0 aliphatic heterocycles. The van der Waals surface area contributed by atoms with Crippen LogP contribution in [0.3, 0.4) is 0 Å². The number of carboxylic acid groups (broad SMARTS) is 4. The third-order valence-corrected chi connectivity index (χ3v) is 8.10. The summed E-state index contributed by atoms with van der Waals surface area (Å²) in [5.41, 5.74) is -3.81. The molecule has 26 heteroatoms. The van der Waals surface area contributed by atoms with E-state index in [-0.39, 0.29) is 154 Å². The molecule has 0 bridgehead atoms. The maximum atomic E-state index is 11.2. The number of carbonyl (C=O) groups excluding carboxylic acids is 8. The molecule has 4 atom stereocenters. The smallest absolute Gasteiger partial charge is 0.550 e. The first-order valence-corrected chi connectivity index (χ1v) is 18.3. The molecule has 0 saturated heterocycles. The van der Waals surface area contributed by atoms with Gasteiger partial charge in [0.15, 0.2) is 0 Å². The molecule has 0 aromatic rings. The van der Waals surface area contributed by atoms with Crippen molar-refractivity contribution in [3.63, 3.8) is 0 Å². The molecule has 352 valence electrons. The van der Waals surface area contributed by atoms with Crippen LogP contribution in [0.1, 0.15) is 81.1 Å². The molecule has 24 nitrogen and oxygen atoms in total. The summed E-state index contributed by atoms with van der Waals surface area (Å²) in [5.74, 6) is -7.88. The van der Waals surface area contributed by atoms with Crippen LogP contribution < -0.4 is 41.7 Å². The van der Waals surface area contributed by atoms with Crippen LogP contribution in [0.25, 0.3) is 0 Å². The van der Waals surface area contributed by atoms with Crippen molar-refractivity contribution in [2.75, 3.05) is 52.6 Å². The molecule has 0 aromatic heterocycles. The summed E-state index contributed by atoms with van der Waals surface area (Å²) in [6.07, 6.45) is -6.71. The van der Waals surface area contributed by atoms with Crippen LogP contribution in [0.5, 0.6) is 0 Å². The number of hydrogen-bond acceptors (Lipinski definition) is 20. The van der Waals surface area contributed by atoms with Gasteiger partial charge < -0.3 is 102 Å². The molecule has 0 rings (SSSR count). The van der Waals surface area contributed by atoms with Crippen molar-refractivity contribution >= 4 is 123 Å². The Morgan fingerprint density at radius 3 is 0.597 bits per heavy atom. The number of aliphatic hydroxyl groups is 8. The Morgan fingerprint density at radius 2 is 0.500 bits per heavy atom. The number of hydrogen-bond donors (Lipinski definition) is 12. The van der Waals surface area contributed by atoms with Crippen molar-refractivity contribution in [3.8, 4) is 0 Å². The molecule has 0 aliphatic rings. The quantitative estimate of drug-likeness (QED) is 0.0400. The SMILES string of the molecule is CC(C)(CO)C(O)C(=O)NCCC(=O)[O-].CC(C)(CO)C(O)C(=O)NCCC(=O)[O-].CC(C)(CO)C(O)C(=O)NCCC(=O)[O-].CC(C)(CO)C(O)C(=O)NCCC(=O)[O-].[Ca+2].[Ca+2]. The van der Waals surface area contributed by atoms with E-state index in [0.29, 0.717) is 0 Å². The summed E-state index contributed by atoms with van der Waals surface area (Å²) in [4.78, 5) is 85.1. The molecule has 0 saturated carbocycles. The molecule has 4 amide bonds. The Hall–Kier alpha value is -2.04. The number of rotatable bonds is 24. The van der Waals surface area contributed by atoms with Crippen molar-refractivity contribution in [1.82, 2.24) is 21.3 Å². The molecule has 0 aliphatic carbocycles. The van der Waals surface area contributed by atoms with Gasteiger partial charge in [-0.3, -0.25) is 19.2 Å². The summed E-state index contributed by atoms with van der Waals surface area (Å²) >= 11 is 0. The second-order valence-electron chi connectivity index (χ2n) is 15.8. The molecule has 4 unspecified atom stereocenters. The normalized spacial score (nSPS) is 12.9. The number of aliphatic hydroxyl groups excluding tert-OH is 8. The zero-order valence-electron chi connectivity index (χ0n) is 36.7. The summed E-state index contributed by atoms with van der Waals surface area (Å²) in [6.45, 7) is 10.4. The van der Waals surface area contributed by atoms with Crippen LogP contribution in [0.4, 0.5) is 0 Å². The van der Waals surface area contributed by atoms with Gasteiger partial charge in [-0.2, -0.15) is 0 Å².